The van der Waals surface area contributed by atoms with Crippen LogP contribution in [0.25, 0.3) is 0 Å². The monoisotopic (exact) mass is 314 g/mol. The predicted octanol–water partition coefficient (Wildman–Crippen LogP) is 3.08. The largest absolute Gasteiger partial charge is 0.491 e. The Hall–Kier alpha value is -2.04. The molecule has 0 saturated heterocycles. The summed E-state index contributed by atoms with van der Waals surface area (Å²) in [5, 5.41) is 0. The van der Waals surface area contributed by atoms with Gasteiger partial charge in [-0.15, -0.1) is 0 Å². The summed E-state index contributed by atoms with van der Waals surface area (Å²) in [5.74, 6) is 1.80. The van der Waals surface area contributed by atoms with E-state index < -0.39 is 0 Å². The van der Waals surface area contributed by atoms with Crippen molar-refractivity contribution in [3.63, 3.8) is 0 Å². The van der Waals surface area contributed by atoms with E-state index in [1.807, 2.05) is 36.4 Å². The van der Waals surface area contributed by atoms with E-state index in [1.165, 1.54) is 0 Å². The van der Waals surface area contributed by atoms with Crippen molar-refractivity contribution < 1.29 is 18.9 Å². The van der Waals surface area contributed by atoms with E-state index in [4.69, 9.17) is 18.9 Å². The Morgan fingerprint density at radius 1 is 0.522 bits per heavy atom. The molecule has 4 heteroatoms. The lowest BCUT2D eigenvalue weighted by atomic mass is 10.0. The lowest BCUT2D eigenvalue weighted by Crippen LogP contribution is -2.13. The third-order valence-electron chi connectivity index (χ3n) is 3.67. The van der Waals surface area contributed by atoms with Gasteiger partial charge in [-0.2, -0.15) is 0 Å². The molecule has 2 aromatic carbocycles. The van der Waals surface area contributed by atoms with E-state index in [0.717, 1.165) is 29.0 Å². The van der Waals surface area contributed by atoms with Gasteiger partial charge >= 0.3 is 0 Å². The van der Waals surface area contributed by atoms with Crippen molar-refractivity contribution in [3.8, 4) is 11.5 Å². The fraction of sp³-hybridized carbons (Fsp3) is 0.368. The number of ether oxygens (including phenoxy) is 4. The summed E-state index contributed by atoms with van der Waals surface area (Å²) >= 11 is 0. The smallest absolute Gasteiger partial charge is 0.122 e. The highest BCUT2D eigenvalue weighted by atomic mass is 16.6. The summed E-state index contributed by atoms with van der Waals surface area (Å²) < 4.78 is 22.7. The molecule has 0 spiro atoms. The lowest BCUT2D eigenvalue weighted by Gasteiger charge is -2.14. The molecule has 4 nitrogen and oxygen atoms in total. The Morgan fingerprint density at radius 3 is 1.48 bits per heavy atom. The summed E-state index contributed by atoms with van der Waals surface area (Å²) in [7, 11) is 0. The van der Waals surface area contributed by atoms with Crippen LogP contribution in [0.3, 0.4) is 0 Å². The third kappa shape index (κ3) is 4.71. The molecule has 0 N–H and O–H groups in total. The van der Waals surface area contributed by atoms with Crippen LogP contribution < -0.4 is 9.47 Å². The molecule has 1 aliphatic heterocycles. The highest BCUT2D eigenvalue weighted by molar-refractivity contribution is 5.42. The Balaban J connectivity index is 1.81. The molecule has 0 amide bonds. The third-order valence-corrected chi connectivity index (χ3v) is 3.67. The number of benzene rings is 2. The van der Waals surface area contributed by atoms with Crippen molar-refractivity contribution in [2.45, 2.75) is 6.42 Å². The molecule has 0 atom stereocenters. The van der Waals surface area contributed by atoms with Crippen LogP contribution in [0.1, 0.15) is 11.1 Å². The van der Waals surface area contributed by atoms with Gasteiger partial charge in [0.15, 0.2) is 0 Å². The first-order valence-corrected chi connectivity index (χ1v) is 8.00. The van der Waals surface area contributed by atoms with E-state index in [1.54, 1.807) is 0 Å². The van der Waals surface area contributed by atoms with Crippen molar-refractivity contribution in [1.29, 1.82) is 0 Å². The zero-order chi connectivity index (χ0) is 15.7. The van der Waals surface area contributed by atoms with Crippen molar-refractivity contribution in [2.24, 2.45) is 0 Å². The van der Waals surface area contributed by atoms with Crippen molar-refractivity contribution in [1.82, 2.24) is 0 Å². The number of hydrogen-bond donors (Lipinski definition) is 0. The van der Waals surface area contributed by atoms with E-state index in [9.17, 15) is 0 Å². The Morgan fingerprint density at radius 2 is 0.957 bits per heavy atom. The standard InChI is InChI=1S/C19H22O4/c1-3-7-18-16(5-1)15-17-6-2-4-8-19(17)23-14-12-21-10-9-20-11-13-22-18/h1-8H,9-15H2. The molecule has 0 saturated carbocycles. The average molecular weight is 314 g/mol. The van der Waals surface area contributed by atoms with E-state index in [-0.39, 0.29) is 0 Å². The minimum Gasteiger partial charge on any atom is -0.491 e. The van der Waals surface area contributed by atoms with E-state index >= 15 is 0 Å². The van der Waals surface area contributed by atoms with Crippen LogP contribution in [-0.2, 0) is 15.9 Å². The van der Waals surface area contributed by atoms with Crippen LogP contribution >= 0.6 is 0 Å². The van der Waals surface area contributed by atoms with E-state index in [0.29, 0.717) is 39.6 Å². The number of hydrogen-bond acceptors (Lipinski definition) is 4. The second kappa shape index (κ2) is 8.56. The Bertz CT molecular complexity index is 558. The molecule has 1 aliphatic rings. The first-order valence-electron chi connectivity index (χ1n) is 8.00. The van der Waals surface area contributed by atoms with Crippen LogP contribution in [-0.4, -0.2) is 39.6 Å². The van der Waals surface area contributed by atoms with Crippen LogP contribution in [0.4, 0.5) is 0 Å². The number of para-hydroxylation sites is 2. The van der Waals surface area contributed by atoms with Crippen molar-refractivity contribution in [3.05, 3.63) is 59.7 Å². The van der Waals surface area contributed by atoms with Gasteiger partial charge in [0.05, 0.1) is 26.4 Å². The molecule has 23 heavy (non-hydrogen) atoms. The minimum absolute atomic E-state index is 0.537. The summed E-state index contributed by atoms with van der Waals surface area (Å²) in [6.45, 7) is 3.34. The van der Waals surface area contributed by atoms with Gasteiger partial charge in [0.2, 0.25) is 0 Å². The van der Waals surface area contributed by atoms with Crippen molar-refractivity contribution in [2.75, 3.05) is 39.6 Å². The molecule has 0 unspecified atom stereocenters. The SMILES string of the molecule is c1ccc2c(c1)Cc1ccccc1OCCOCCOCCO2. The van der Waals surface area contributed by atoms with Gasteiger partial charge in [0.1, 0.15) is 24.7 Å². The van der Waals surface area contributed by atoms with Gasteiger partial charge < -0.3 is 18.9 Å². The zero-order valence-electron chi connectivity index (χ0n) is 13.2. The van der Waals surface area contributed by atoms with Gasteiger partial charge in [-0.1, -0.05) is 36.4 Å². The molecule has 122 valence electrons. The molecule has 0 bridgehead atoms. The maximum atomic E-state index is 5.87. The Labute approximate surface area is 136 Å². The summed E-state index contributed by atoms with van der Waals surface area (Å²) in [6.07, 6.45) is 0.772. The first kappa shape index (κ1) is 15.8. The second-order valence-electron chi connectivity index (χ2n) is 5.31. The highest BCUT2D eigenvalue weighted by Crippen LogP contribution is 2.26. The quantitative estimate of drug-likeness (QED) is 0.749. The fourth-order valence-electron chi connectivity index (χ4n) is 2.53. The van der Waals surface area contributed by atoms with E-state index in [2.05, 4.69) is 12.1 Å². The van der Waals surface area contributed by atoms with Gasteiger partial charge in [-0.3, -0.25) is 0 Å². The average Bonchev–Trinajstić information content (AvgIpc) is 2.59. The highest BCUT2D eigenvalue weighted by Gasteiger charge is 2.09. The molecular weight excluding hydrogens is 292 g/mol. The number of fused-ring (bicyclic) bond motifs is 2. The summed E-state index contributed by atoms with van der Waals surface area (Å²) in [4.78, 5) is 0. The maximum absolute atomic E-state index is 5.87. The fourth-order valence-corrected chi connectivity index (χ4v) is 2.53. The minimum atomic E-state index is 0.537. The van der Waals surface area contributed by atoms with Crippen LogP contribution in [0, 0.1) is 0 Å². The molecule has 0 aromatic heterocycles. The zero-order valence-corrected chi connectivity index (χ0v) is 13.2. The molecule has 0 aliphatic carbocycles. The first-order chi connectivity index (χ1) is 11.4. The molecular formula is C19H22O4. The van der Waals surface area contributed by atoms with Gasteiger partial charge in [0.25, 0.3) is 0 Å². The maximum Gasteiger partial charge on any atom is 0.122 e. The molecule has 1 heterocycles. The van der Waals surface area contributed by atoms with Crippen molar-refractivity contribution >= 4 is 0 Å². The van der Waals surface area contributed by atoms with Gasteiger partial charge in [0, 0.05) is 6.42 Å². The summed E-state index contributed by atoms with van der Waals surface area (Å²) in [5.41, 5.74) is 2.30. The van der Waals surface area contributed by atoms with Gasteiger partial charge in [-0.25, -0.2) is 0 Å². The second-order valence-corrected chi connectivity index (χ2v) is 5.31. The summed E-state index contributed by atoms with van der Waals surface area (Å²) in [6, 6.07) is 16.2. The van der Waals surface area contributed by atoms with Crippen LogP contribution in [0.15, 0.2) is 48.5 Å². The molecule has 0 fully saturated rings. The number of rotatable bonds is 0. The molecule has 0 radical (unpaired) electrons. The Kier molecular flexibility index (Phi) is 5.89. The predicted molar refractivity (Wildman–Crippen MR) is 88.3 cm³/mol. The lowest BCUT2D eigenvalue weighted by molar-refractivity contribution is 0.0274. The van der Waals surface area contributed by atoms with Crippen LogP contribution in [0.5, 0.6) is 11.5 Å². The normalized spacial score (nSPS) is 16.7. The molecule has 2 aromatic rings. The molecule has 3 rings (SSSR count). The topological polar surface area (TPSA) is 36.9 Å². The van der Waals surface area contributed by atoms with Crippen LogP contribution in [0.2, 0.25) is 0 Å². The van der Waals surface area contributed by atoms with Gasteiger partial charge in [-0.05, 0) is 23.3 Å².